The molecule has 2 aromatic heterocycles. The summed E-state index contributed by atoms with van der Waals surface area (Å²) in [6.07, 6.45) is 4.99. The predicted octanol–water partition coefficient (Wildman–Crippen LogP) is 0.643. The lowest BCUT2D eigenvalue weighted by atomic mass is 10.2. The number of hydrogen-bond donors (Lipinski definition) is 1. The Kier molecular flexibility index (Phi) is 3.43. The average molecular weight is 228 g/mol. The third kappa shape index (κ3) is 2.65. The van der Waals surface area contributed by atoms with E-state index in [0.717, 1.165) is 24.3 Å². The molecule has 0 unspecified atom stereocenters. The van der Waals surface area contributed by atoms with Crippen LogP contribution in [0.15, 0.2) is 24.8 Å². The first-order chi connectivity index (χ1) is 8.33. The van der Waals surface area contributed by atoms with Crippen LogP contribution in [0.25, 0.3) is 5.69 Å². The second-order valence-electron chi connectivity index (χ2n) is 3.46. The van der Waals surface area contributed by atoms with Gasteiger partial charge in [0, 0.05) is 12.7 Å². The van der Waals surface area contributed by atoms with Crippen molar-refractivity contribution < 1.29 is 0 Å². The smallest absolute Gasteiger partial charge is 0.252 e. The van der Waals surface area contributed by atoms with Crippen LogP contribution in [-0.4, -0.2) is 26.3 Å². The lowest BCUT2D eigenvalue weighted by Crippen LogP contribution is -2.12. The van der Waals surface area contributed by atoms with Gasteiger partial charge in [-0.25, -0.2) is 9.67 Å². The molecule has 86 valence electrons. The topological polar surface area (TPSA) is 79.4 Å². The first-order valence-corrected chi connectivity index (χ1v) is 5.30. The van der Waals surface area contributed by atoms with Crippen LogP contribution in [0.2, 0.25) is 0 Å². The largest absolute Gasteiger partial charge is 0.313 e. The summed E-state index contributed by atoms with van der Waals surface area (Å²) in [5.41, 5.74) is 1.87. The first kappa shape index (κ1) is 11.2. The van der Waals surface area contributed by atoms with Crippen molar-refractivity contribution in [3.63, 3.8) is 0 Å². The van der Waals surface area contributed by atoms with Gasteiger partial charge in [0.25, 0.3) is 5.82 Å². The Morgan fingerprint density at radius 1 is 1.47 bits per heavy atom. The second-order valence-corrected chi connectivity index (χ2v) is 3.46. The normalized spacial score (nSPS) is 10.1. The van der Waals surface area contributed by atoms with E-state index in [1.807, 2.05) is 19.1 Å². The number of rotatable bonds is 4. The fourth-order valence-corrected chi connectivity index (χ4v) is 1.40. The third-order valence-corrected chi connectivity index (χ3v) is 2.22. The van der Waals surface area contributed by atoms with E-state index >= 15 is 0 Å². The number of hydrogen-bond acceptors (Lipinski definition) is 5. The van der Waals surface area contributed by atoms with Crippen LogP contribution in [-0.2, 0) is 6.54 Å². The lowest BCUT2D eigenvalue weighted by molar-refractivity contribution is 0.722. The van der Waals surface area contributed by atoms with Gasteiger partial charge in [-0.05, 0) is 18.2 Å². The first-order valence-electron chi connectivity index (χ1n) is 5.30. The highest BCUT2D eigenvalue weighted by atomic mass is 15.3. The summed E-state index contributed by atoms with van der Waals surface area (Å²) in [6.45, 7) is 3.72. The van der Waals surface area contributed by atoms with Crippen molar-refractivity contribution in [3.8, 4) is 11.8 Å². The molecule has 17 heavy (non-hydrogen) atoms. The Bertz CT molecular complexity index is 539. The molecule has 0 amide bonds. The molecule has 2 rings (SSSR count). The van der Waals surface area contributed by atoms with Crippen LogP contribution in [0, 0.1) is 11.3 Å². The lowest BCUT2D eigenvalue weighted by Gasteiger charge is -2.04. The highest BCUT2D eigenvalue weighted by molar-refractivity contribution is 5.31. The maximum atomic E-state index is 8.65. The molecule has 0 aliphatic rings. The molecule has 0 aromatic carbocycles. The molecule has 0 saturated carbocycles. The number of aromatic nitrogens is 4. The molecule has 0 spiro atoms. The Hall–Kier alpha value is -2.26. The van der Waals surface area contributed by atoms with Gasteiger partial charge in [-0.3, -0.25) is 4.98 Å². The van der Waals surface area contributed by atoms with Crippen molar-refractivity contribution in [2.45, 2.75) is 13.5 Å². The Balaban J connectivity index is 2.23. The van der Waals surface area contributed by atoms with E-state index in [4.69, 9.17) is 5.26 Å². The van der Waals surface area contributed by atoms with Crippen LogP contribution in [0.1, 0.15) is 18.3 Å². The summed E-state index contributed by atoms with van der Waals surface area (Å²) in [6, 6.07) is 3.85. The van der Waals surface area contributed by atoms with Crippen LogP contribution >= 0.6 is 0 Å². The summed E-state index contributed by atoms with van der Waals surface area (Å²) in [5, 5.41) is 15.9. The molecular formula is C11H12N6. The van der Waals surface area contributed by atoms with Crippen LogP contribution in [0.4, 0.5) is 0 Å². The maximum Gasteiger partial charge on any atom is 0.252 e. The summed E-state index contributed by atoms with van der Waals surface area (Å²) < 4.78 is 1.54. The van der Waals surface area contributed by atoms with Crippen LogP contribution in [0.3, 0.4) is 0 Å². The predicted molar refractivity (Wildman–Crippen MR) is 61.2 cm³/mol. The Morgan fingerprint density at radius 2 is 2.35 bits per heavy atom. The van der Waals surface area contributed by atoms with Crippen LogP contribution in [0.5, 0.6) is 0 Å². The van der Waals surface area contributed by atoms with Gasteiger partial charge < -0.3 is 5.32 Å². The molecule has 0 radical (unpaired) electrons. The molecule has 0 bridgehead atoms. The summed E-state index contributed by atoms with van der Waals surface area (Å²) in [4.78, 5) is 7.99. The highest BCUT2D eigenvalue weighted by Gasteiger charge is 2.03. The maximum absolute atomic E-state index is 8.65. The van der Waals surface area contributed by atoms with Crippen molar-refractivity contribution in [2.24, 2.45) is 0 Å². The van der Waals surface area contributed by atoms with Crippen molar-refractivity contribution in [2.75, 3.05) is 6.54 Å². The highest BCUT2D eigenvalue weighted by Crippen LogP contribution is 2.07. The van der Waals surface area contributed by atoms with E-state index in [1.54, 1.807) is 17.1 Å². The average Bonchev–Trinajstić information content (AvgIpc) is 2.85. The number of nitriles is 1. The summed E-state index contributed by atoms with van der Waals surface area (Å²) in [5.74, 6) is 0.155. The quantitative estimate of drug-likeness (QED) is 0.830. The van der Waals surface area contributed by atoms with E-state index in [9.17, 15) is 0 Å². The Morgan fingerprint density at radius 3 is 3.06 bits per heavy atom. The zero-order chi connectivity index (χ0) is 12.1. The zero-order valence-electron chi connectivity index (χ0n) is 9.46. The molecule has 0 aliphatic heterocycles. The van der Waals surface area contributed by atoms with Gasteiger partial charge in [0.2, 0.25) is 0 Å². The third-order valence-electron chi connectivity index (χ3n) is 2.22. The minimum absolute atomic E-state index is 0.155. The van der Waals surface area contributed by atoms with Gasteiger partial charge in [0.1, 0.15) is 12.4 Å². The van der Waals surface area contributed by atoms with E-state index in [2.05, 4.69) is 20.4 Å². The molecule has 6 heteroatoms. The van der Waals surface area contributed by atoms with Gasteiger partial charge >= 0.3 is 0 Å². The van der Waals surface area contributed by atoms with Crippen molar-refractivity contribution in [1.29, 1.82) is 5.26 Å². The van der Waals surface area contributed by atoms with Gasteiger partial charge in [-0.2, -0.15) is 5.26 Å². The monoisotopic (exact) mass is 228 g/mol. The summed E-state index contributed by atoms with van der Waals surface area (Å²) >= 11 is 0. The SMILES string of the molecule is CCNCc1cncc(-n2cnc(C#N)n2)c1. The van der Waals surface area contributed by atoms with Gasteiger partial charge in [0.05, 0.1) is 11.9 Å². The van der Waals surface area contributed by atoms with E-state index in [-0.39, 0.29) is 5.82 Å². The standard InChI is InChI=1S/C11H12N6/c1-2-13-5-9-3-10(7-14-6-9)17-8-15-11(4-12)16-17/h3,6-8,13H,2,5H2,1H3. The van der Waals surface area contributed by atoms with Crippen molar-refractivity contribution >= 4 is 0 Å². The van der Waals surface area contributed by atoms with E-state index in [1.165, 1.54) is 6.33 Å². The number of pyridine rings is 1. The zero-order valence-corrected chi connectivity index (χ0v) is 9.46. The molecular weight excluding hydrogens is 216 g/mol. The van der Waals surface area contributed by atoms with Gasteiger partial charge in [-0.15, -0.1) is 5.10 Å². The van der Waals surface area contributed by atoms with Gasteiger partial charge in [0.15, 0.2) is 0 Å². The molecule has 2 heterocycles. The van der Waals surface area contributed by atoms with Crippen molar-refractivity contribution in [1.82, 2.24) is 25.1 Å². The molecule has 0 atom stereocenters. The fourth-order valence-electron chi connectivity index (χ4n) is 1.40. The summed E-state index contributed by atoms with van der Waals surface area (Å²) in [7, 11) is 0. The fraction of sp³-hybridized carbons (Fsp3) is 0.273. The molecule has 0 aliphatic carbocycles. The minimum Gasteiger partial charge on any atom is -0.313 e. The van der Waals surface area contributed by atoms with E-state index in [0.29, 0.717) is 0 Å². The molecule has 0 fully saturated rings. The Labute approximate surface area is 98.9 Å². The second kappa shape index (κ2) is 5.18. The van der Waals surface area contributed by atoms with Crippen LogP contribution < -0.4 is 5.32 Å². The van der Waals surface area contributed by atoms with Gasteiger partial charge in [-0.1, -0.05) is 6.92 Å². The molecule has 6 nitrogen and oxygen atoms in total. The van der Waals surface area contributed by atoms with E-state index < -0.39 is 0 Å². The number of nitrogens with zero attached hydrogens (tertiary/aromatic N) is 5. The van der Waals surface area contributed by atoms with Crippen molar-refractivity contribution in [3.05, 3.63) is 36.2 Å². The number of nitrogens with one attached hydrogen (secondary N) is 1. The molecule has 0 saturated heterocycles. The molecule has 1 N–H and O–H groups in total. The molecule has 2 aromatic rings. The minimum atomic E-state index is 0.155.